The Hall–Kier alpha value is -2.71. The minimum atomic E-state index is -0.191. The van der Waals surface area contributed by atoms with E-state index in [4.69, 9.17) is 22.2 Å². The zero-order valence-electron chi connectivity index (χ0n) is 15.5. The van der Waals surface area contributed by atoms with Crippen molar-refractivity contribution in [3.63, 3.8) is 0 Å². The van der Waals surface area contributed by atoms with Crippen molar-refractivity contribution in [2.45, 2.75) is 25.6 Å². The molecule has 0 radical (unpaired) electrons. The molecule has 0 aliphatic rings. The van der Waals surface area contributed by atoms with Gasteiger partial charge in [0.05, 0.1) is 5.75 Å². The van der Waals surface area contributed by atoms with E-state index in [0.29, 0.717) is 21.7 Å². The molecule has 0 atom stereocenters. The summed E-state index contributed by atoms with van der Waals surface area (Å²) in [4.78, 5) is 12.1. The summed E-state index contributed by atoms with van der Waals surface area (Å²) in [5.74, 6) is 7.21. The maximum Gasteiger partial charge on any atom is 0.234 e. The monoisotopic (exact) mass is 417 g/mol. The molecule has 1 aromatic heterocycles. The number of aromatic nitrogens is 3. The van der Waals surface area contributed by atoms with Crippen LogP contribution in [-0.4, -0.2) is 26.5 Å². The van der Waals surface area contributed by atoms with Gasteiger partial charge in [0.15, 0.2) is 5.82 Å². The summed E-state index contributed by atoms with van der Waals surface area (Å²) in [5.41, 5.74) is 2.84. The van der Waals surface area contributed by atoms with Gasteiger partial charge in [-0.25, -0.2) is 4.68 Å². The number of ether oxygens (including phenoxy) is 1. The first kappa shape index (κ1) is 20.0. The fourth-order valence-corrected chi connectivity index (χ4v) is 3.37. The molecular weight excluding hydrogens is 398 g/mol. The van der Waals surface area contributed by atoms with Crippen molar-refractivity contribution in [3.8, 4) is 5.75 Å². The Morgan fingerprint density at radius 1 is 1.25 bits per heavy atom. The zero-order chi connectivity index (χ0) is 20.1. The van der Waals surface area contributed by atoms with E-state index in [1.807, 2.05) is 32.0 Å². The van der Waals surface area contributed by atoms with E-state index in [9.17, 15) is 4.79 Å². The second kappa shape index (κ2) is 8.99. The summed E-state index contributed by atoms with van der Waals surface area (Å²) in [5, 5.41) is 11.8. The van der Waals surface area contributed by atoms with Crippen LogP contribution in [0.2, 0.25) is 5.02 Å². The number of halogens is 1. The van der Waals surface area contributed by atoms with Crippen molar-refractivity contribution < 1.29 is 9.53 Å². The van der Waals surface area contributed by atoms with Crippen LogP contribution in [0.25, 0.3) is 0 Å². The zero-order valence-corrected chi connectivity index (χ0v) is 17.0. The molecule has 28 heavy (non-hydrogen) atoms. The number of thioether (sulfide) groups is 1. The van der Waals surface area contributed by atoms with Gasteiger partial charge < -0.3 is 15.9 Å². The van der Waals surface area contributed by atoms with Crippen molar-refractivity contribution in [2.75, 3.05) is 16.9 Å². The lowest BCUT2D eigenvalue weighted by molar-refractivity contribution is -0.113. The predicted molar refractivity (Wildman–Crippen MR) is 111 cm³/mol. The van der Waals surface area contributed by atoms with Crippen molar-refractivity contribution >= 4 is 35.0 Å². The van der Waals surface area contributed by atoms with Crippen molar-refractivity contribution in [1.82, 2.24) is 14.9 Å². The third kappa shape index (κ3) is 5.17. The molecule has 0 aliphatic heterocycles. The number of nitrogen functional groups attached to an aromatic ring is 1. The molecule has 0 saturated heterocycles. The Morgan fingerprint density at radius 3 is 2.82 bits per heavy atom. The van der Waals surface area contributed by atoms with E-state index < -0.39 is 0 Å². The topological polar surface area (TPSA) is 95.1 Å². The Kier molecular flexibility index (Phi) is 6.43. The average molecular weight is 418 g/mol. The highest BCUT2D eigenvalue weighted by molar-refractivity contribution is 7.99. The standard InChI is InChI=1S/C19H20ClN5O2S/c1-12-6-7-16(13(2)8-12)27-10-17-23-24-19(25(17)21)28-11-18(26)22-15-5-3-4-14(20)9-15/h3-9H,10-11,21H2,1-2H3,(H,22,26). The minimum Gasteiger partial charge on any atom is -0.485 e. The van der Waals surface area contributed by atoms with Crippen molar-refractivity contribution in [3.05, 3.63) is 64.4 Å². The van der Waals surface area contributed by atoms with Gasteiger partial charge in [-0.05, 0) is 43.7 Å². The van der Waals surface area contributed by atoms with Gasteiger partial charge in [0.25, 0.3) is 0 Å². The van der Waals surface area contributed by atoms with Gasteiger partial charge in [-0.3, -0.25) is 4.79 Å². The summed E-state index contributed by atoms with van der Waals surface area (Å²) in [6.45, 7) is 4.19. The summed E-state index contributed by atoms with van der Waals surface area (Å²) < 4.78 is 7.12. The molecule has 0 bridgehead atoms. The molecule has 0 spiro atoms. The van der Waals surface area contributed by atoms with Crippen LogP contribution in [-0.2, 0) is 11.4 Å². The number of hydrogen-bond donors (Lipinski definition) is 2. The Balaban J connectivity index is 1.54. The van der Waals surface area contributed by atoms with Crippen molar-refractivity contribution in [1.29, 1.82) is 0 Å². The number of hydrogen-bond acceptors (Lipinski definition) is 6. The molecule has 0 fully saturated rings. The van der Waals surface area contributed by atoms with Crippen molar-refractivity contribution in [2.24, 2.45) is 0 Å². The third-order valence-electron chi connectivity index (χ3n) is 3.86. The molecule has 0 unspecified atom stereocenters. The highest BCUT2D eigenvalue weighted by atomic mass is 35.5. The van der Waals surface area contributed by atoms with Gasteiger partial charge in [0.2, 0.25) is 11.1 Å². The SMILES string of the molecule is Cc1ccc(OCc2nnc(SCC(=O)Nc3cccc(Cl)c3)n2N)c(C)c1. The Labute approximate surface area is 172 Å². The lowest BCUT2D eigenvalue weighted by Crippen LogP contribution is -2.18. The van der Waals surface area contributed by atoms with E-state index in [2.05, 4.69) is 15.5 Å². The number of nitrogens with one attached hydrogen (secondary N) is 1. The van der Waals surface area contributed by atoms with E-state index in [1.54, 1.807) is 24.3 Å². The van der Waals surface area contributed by atoms with E-state index in [0.717, 1.165) is 11.3 Å². The van der Waals surface area contributed by atoms with Crippen LogP contribution in [0.5, 0.6) is 5.75 Å². The molecule has 3 N–H and O–H groups in total. The Bertz CT molecular complexity index is 992. The highest BCUT2D eigenvalue weighted by Crippen LogP contribution is 2.21. The molecule has 2 aromatic carbocycles. The van der Waals surface area contributed by atoms with Crippen LogP contribution in [0.15, 0.2) is 47.6 Å². The minimum absolute atomic E-state index is 0.139. The quantitative estimate of drug-likeness (QED) is 0.450. The number of anilines is 1. The molecule has 3 rings (SSSR count). The summed E-state index contributed by atoms with van der Waals surface area (Å²) in [7, 11) is 0. The number of benzene rings is 2. The van der Waals surface area contributed by atoms with E-state index >= 15 is 0 Å². The third-order valence-corrected chi connectivity index (χ3v) is 5.04. The molecule has 9 heteroatoms. The maximum atomic E-state index is 12.1. The molecule has 7 nitrogen and oxygen atoms in total. The normalized spacial score (nSPS) is 10.7. The van der Waals surface area contributed by atoms with Gasteiger partial charge >= 0.3 is 0 Å². The Morgan fingerprint density at radius 2 is 2.07 bits per heavy atom. The highest BCUT2D eigenvalue weighted by Gasteiger charge is 2.13. The maximum absolute atomic E-state index is 12.1. The molecule has 0 saturated carbocycles. The lowest BCUT2D eigenvalue weighted by Gasteiger charge is -2.09. The number of carbonyl (C=O) groups excluding carboxylic acids is 1. The van der Waals surface area contributed by atoms with Gasteiger partial charge in [0, 0.05) is 10.7 Å². The van der Waals surface area contributed by atoms with Gasteiger partial charge in [0.1, 0.15) is 12.4 Å². The van der Waals surface area contributed by atoms with Crippen LogP contribution < -0.4 is 15.9 Å². The predicted octanol–water partition coefficient (Wildman–Crippen LogP) is 3.57. The summed E-state index contributed by atoms with van der Waals surface area (Å²) >= 11 is 7.10. The fourth-order valence-electron chi connectivity index (χ4n) is 2.50. The fraction of sp³-hybridized carbons (Fsp3) is 0.211. The first-order valence-electron chi connectivity index (χ1n) is 8.50. The number of amides is 1. The molecule has 0 aliphatic carbocycles. The second-order valence-electron chi connectivity index (χ2n) is 6.17. The molecule has 146 valence electrons. The van der Waals surface area contributed by atoms with Gasteiger partial charge in [-0.2, -0.15) is 0 Å². The van der Waals surface area contributed by atoms with Gasteiger partial charge in [-0.15, -0.1) is 10.2 Å². The number of aryl methyl sites for hydroxylation is 2. The molecule has 1 heterocycles. The number of nitrogens with zero attached hydrogens (tertiary/aromatic N) is 3. The van der Waals surface area contributed by atoms with Crippen LogP contribution in [0, 0.1) is 13.8 Å². The van der Waals surface area contributed by atoms with Crippen LogP contribution in [0.1, 0.15) is 17.0 Å². The second-order valence-corrected chi connectivity index (χ2v) is 7.55. The molecular formula is C19H20ClN5O2S. The molecule has 3 aromatic rings. The first-order chi connectivity index (χ1) is 13.4. The smallest absolute Gasteiger partial charge is 0.234 e. The number of rotatable bonds is 7. The summed E-state index contributed by atoms with van der Waals surface area (Å²) in [6, 6.07) is 12.9. The van der Waals surface area contributed by atoms with Crippen LogP contribution >= 0.6 is 23.4 Å². The van der Waals surface area contributed by atoms with E-state index in [-0.39, 0.29) is 18.3 Å². The van der Waals surface area contributed by atoms with Gasteiger partial charge in [-0.1, -0.05) is 47.1 Å². The number of carbonyl (C=O) groups is 1. The lowest BCUT2D eigenvalue weighted by atomic mass is 10.1. The van der Waals surface area contributed by atoms with E-state index in [1.165, 1.54) is 22.0 Å². The number of nitrogens with two attached hydrogens (primary N) is 1. The molecule has 1 amide bonds. The average Bonchev–Trinajstić information content (AvgIpc) is 2.99. The largest absolute Gasteiger partial charge is 0.485 e. The first-order valence-corrected chi connectivity index (χ1v) is 9.86. The van der Waals surface area contributed by atoms with Crippen LogP contribution in [0.3, 0.4) is 0 Å². The van der Waals surface area contributed by atoms with Crippen LogP contribution in [0.4, 0.5) is 5.69 Å². The summed E-state index contributed by atoms with van der Waals surface area (Å²) in [6.07, 6.45) is 0.